The molecule has 0 saturated carbocycles. The van der Waals surface area contributed by atoms with Crippen LogP contribution in [0.3, 0.4) is 0 Å². The number of nitrogens with one attached hydrogen (secondary N) is 1. The number of hydrogen-bond acceptors (Lipinski definition) is 5. The third kappa shape index (κ3) is 4.84. The lowest BCUT2D eigenvalue weighted by atomic mass is 9.98. The molecule has 2 aromatic rings. The summed E-state index contributed by atoms with van der Waals surface area (Å²) in [6, 6.07) is 8.96. The first kappa shape index (κ1) is 17.5. The Balaban J connectivity index is 1.94. The van der Waals surface area contributed by atoms with Gasteiger partial charge in [0.1, 0.15) is 5.75 Å². The number of aryl methyl sites for hydroxylation is 1. The monoisotopic (exact) mass is 331 g/mol. The minimum atomic E-state index is -0.518. The second-order valence-corrected chi connectivity index (χ2v) is 5.42. The molecule has 2 rings (SSSR count). The molecule has 0 bridgehead atoms. The molecular formula is C17H21N3O4. The van der Waals surface area contributed by atoms with E-state index in [0.717, 1.165) is 11.3 Å². The molecule has 0 aliphatic heterocycles. The number of nitrogens with zero attached hydrogens (tertiary/aromatic N) is 1. The molecule has 0 fully saturated rings. The SMILES string of the molecule is CCOc1ccc(C[C@@H](CNC(=O)c2cc(C)no2)C(N)=O)cc1. The third-order valence-electron chi connectivity index (χ3n) is 3.48. The van der Waals surface area contributed by atoms with Gasteiger partial charge in [-0.3, -0.25) is 9.59 Å². The number of primary amides is 1. The topological polar surface area (TPSA) is 107 Å². The molecule has 24 heavy (non-hydrogen) atoms. The van der Waals surface area contributed by atoms with Gasteiger partial charge in [-0.25, -0.2) is 0 Å². The summed E-state index contributed by atoms with van der Waals surface area (Å²) >= 11 is 0. The van der Waals surface area contributed by atoms with Crippen LogP contribution in [0.15, 0.2) is 34.9 Å². The Kier molecular flexibility index (Phi) is 5.95. The standard InChI is InChI=1S/C17H21N3O4/c1-3-23-14-6-4-12(5-7-14)9-13(16(18)21)10-19-17(22)15-8-11(2)20-24-15/h4-8,13H,3,9-10H2,1-2H3,(H2,18,21)(H,19,22)/t13-/m0/s1. The molecule has 0 saturated heterocycles. The summed E-state index contributed by atoms with van der Waals surface area (Å²) in [6.45, 7) is 4.35. The Labute approximate surface area is 140 Å². The van der Waals surface area contributed by atoms with E-state index < -0.39 is 17.7 Å². The average molecular weight is 331 g/mol. The van der Waals surface area contributed by atoms with Crippen LogP contribution in [0.25, 0.3) is 0 Å². The summed E-state index contributed by atoms with van der Waals surface area (Å²) < 4.78 is 10.3. The molecule has 3 N–H and O–H groups in total. The summed E-state index contributed by atoms with van der Waals surface area (Å²) in [5.74, 6) is -0.537. The predicted molar refractivity (Wildman–Crippen MR) is 87.6 cm³/mol. The number of carbonyl (C=O) groups is 2. The molecule has 0 aliphatic rings. The number of ether oxygens (including phenoxy) is 1. The molecule has 1 atom stereocenters. The maximum atomic E-state index is 11.9. The molecule has 7 nitrogen and oxygen atoms in total. The van der Waals surface area contributed by atoms with Crippen molar-refractivity contribution in [3.8, 4) is 5.75 Å². The van der Waals surface area contributed by atoms with Gasteiger partial charge < -0.3 is 20.3 Å². The van der Waals surface area contributed by atoms with Crippen LogP contribution >= 0.6 is 0 Å². The number of amides is 2. The summed E-state index contributed by atoms with van der Waals surface area (Å²) in [4.78, 5) is 23.6. The van der Waals surface area contributed by atoms with Crippen molar-refractivity contribution in [2.24, 2.45) is 11.7 Å². The highest BCUT2D eigenvalue weighted by molar-refractivity contribution is 5.91. The Morgan fingerprint density at radius 2 is 2.04 bits per heavy atom. The molecule has 1 aromatic carbocycles. The molecule has 1 heterocycles. The first-order valence-corrected chi connectivity index (χ1v) is 7.72. The molecule has 0 unspecified atom stereocenters. The number of nitrogens with two attached hydrogens (primary N) is 1. The summed E-state index contributed by atoms with van der Waals surface area (Å²) in [5, 5.41) is 6.30. The Morgan fingerprint density at radius 1 is 1.33 bits per heavy atom. The zero-order chi connectivity index (χ0) is 17.5. The van der Waals surface area contributed by atoms with Crippen molar-refractivity contribution in [3.05, 3.63) is 47.3 Å². The van der Waals surface area contributed by atoms with Gasteiger partial charge in [0.25, 0.3) is 5.91 Å². The highest BCUT2D eigenvalue weighted by Gasteiger charge is 2.19. The van der Waals surface area contributed by atoms with E-state index in [-0.39, 0.29) is 12.3 Å². The van der Waals surface area contributed by atoms with Crippen LogP contribution in [0, 0.1) is 12.8 Å². The van der Waals surface area contributed by atoms with Crippen molar-refractivity contribution in [2.75, 3.05) is 13.2 Å². The Bertz CT molecular complexity index is 694. The zero-order valence-electron chi connectivity index (χ0n) is 13.7. The van der Waals surface area contributed by atoms with E-state index in [1.807, 2.05) is 31.2 Å². The van der Waals surface area contributed by atoms with Crippen molar-refractivity contribution >= 4 is 11.8 Å². The first-order valence-electron chi connectivity index (χ1n) is 7.72. The lowest BCUT2D eigenvalue weighted by molar-refractivity contribution is -0.121. The van der Waals surface area contributed by atoms with Crippen LogP contribution < -0.4 is 15.8 Å². The van der Waals surface area contributed by atoms with E-state index in [1.54, 1.807) is 6.92 Å². The van der Waals surface area contributed by atoms with Crippen molar-refractivity contribution < 1.29 is 18.8 Å². The maximum absolute atomic E-state index is 11.9. The van der Waals surface area contributed by atoms with Gasteiger partial charge in [0.15, 0.2) is 0 Å². The average Bonchev–Trinajstić information content (AvgIpc) is 2.99. The molecule has 7 heteroatoms. The third-order valence-corrected chi connectivity index (χ3v) is 3.48. The molecule has 0 radical (unpaired) electrons. The Morgan fingerprint density at radius 3 is 2.58 bits per heavy atom. The van der Waals surface area contributed by atoms with E-state index >= 15 is 0 Å². The molecule has 128 valence electrons. The van der Waals surface area contributed by atoms with Gasteiger partial charge in [-0.2, -0.15) is 0 Å². The molecule has 1 aromatic heterocycles. The van der Waals surface area contributed by atoms with E-state index in [1.165, 1.54) is 6.07 Å². The van der Waals surface area contributed by atoms with Crippen LogP contribution in [0.4, 0.5) is 0 Å². The van der Waals surface area contributed by atoms with Gasteiger partial charge >= 0.3 is 0 Å². The van der Waals surface area contributed by atoms with Gasteiger partial charge in [0, 0.05) is 12.6 Å². The lowest BCUT2D eigenvalue weighted by Gasteiger charge is -2.14. The molecular weight excluding hydrogens is 310 g/mol. The minimum Gasteiger partial charge on any atom is -0.494 e. The summed E-state index contributed by atoms with van der Waals surface area (Å²) in [5.41, 5.74) is 6.99. The number of benzene rings is 1. The van der Waals surface area contributed by atoms with Crippen LogP contribution in [0.5, 0.6) is 5.75 Å². The predicted octanol–water partition coefficient (Wildman–Crippen LogP) is 1.46. The number of carbonyl (C=O) groups excluding carboxylic acids is 2. The molecule has 0 aliphatic carbocycles. The Hall–Kier alpha value is -2.83. The van der Waals surface area contributed by atoms with Crippen LogP contribution in [-0.4, -0.2) is 30.1 Å². The number of hydrogen-bond donors (Lipinski definition) is 2. The van der Waals surface area contributed by atoms with Gasteiger partial charge in [0.05, 0.1) is 18.2 Å². The van der Waals surface area contributed by atoms with Crippen LogP contribution in [0.1, 0.15) is 28.7 Å². The number of aromatic nitrogens is 1. The minimum absolute atomic E-state index is 0.108. The lowest BCUT2D eigenvalue weighted by Crippen LogP contribution is -2.37. The molecule has 2 amide bonds. The van der Waals surface area contributed by atoms with E-state index in [9.17, 15) is 9.59 Å². The fourth-order valence-corrected chi connectivity index (χ4v) is 2.22. The van der Waals surface area contributed by atoms with Gasteiger partial charge in [-0.15, -0.1) is 0 Å². The summed E-state index contributed by atoms with van der Waals surface area (Å²) in [6.07, 6.45) is 0.428. The van der Waals surface area contributed by atoms with Crippen LogP contribution in [-0.2, 0) is 11.2 Å². The van der Waals surface area contributed by atoms with Crippen molar-refractivity contribution in [1.29, 1.82) is 0 Å². The first-order chi connectivity index (χ1) is 11.5. The largest absolute Gasteiger partial charge is 0.494 e. The highest BCUT2D eigenvalue weighted by atomic mass is 16.5. The van der Waals surface area contributed by atoms with E-state index in [2.05, 4.69) is 10.5 Å². The van der Waals surface area contributed by atoms with E-state index in [0.29, 0.717) is 18.7 Å². The quantitative estimate of drug-likeness (QED) is 0.761. The maximum Gasteiger partial charge on any atom is 0.289 e. The van der Waals surface area contributed by atoms with Crippen LogP contribution in [0.2, 0.25) is 0 Å². The second kappa shape index (κ2) is 8.14. The molecule has 0 spiro atoms. The fourth-order valence-electron chi connectivity index (χ4n) is 2.22. The van der Waals surface area contributed by atoms with E-state index in [4.69, 9.17) is 15.0 Å². The normalized spacial score (nSPS) is 11.8. The summed E-state index contributed by atoms with van der Waals surface area (Å²) in [7, 11) is 0. The van der Waals surface area contributed by atoms with Gasteiger partial charge in [-0.1, -0.05) is 17.3 Å². The van der Waals surface area contributed by atoms with Crippen molar-refractivity contribution in [3.63, 3.8) is 0 Å². The van der Waals surface area contributed by atoms with Crippen molar-refractivity contribution in [2.45, 2.75) is 20.3 Å². The second-order valence-electron chi connectivity index (χ2n) is 5.42. The fraction of sp³-hybridized carbons (Fsp3) is 0.353. The van der Waals surface area contributed by atoms with Gasteiger partial charge in [-0.05, 0) is 38.0 Å². The number of rotatable bonds is 8. The van der Waals surface area contributed by atoms with Crippen molar-refractivity contribution in [1.82, 2.24) is 10.5 Å². The smallest absolute Gasteiger partial charge is 0.289 e. The van der Waals surface area contributed by atoms with Gasteiger partial charge in [0.2, 0.25) is 11.7 Å². The highest BCUT2D eigenvalue weighted by Crippen LogP contribution is 2.15. The zero-order valence-corrected chi connectivity index (χ0v) is 13.7.